The summed E-state index contributed by atoms with van der Waals surface area (Å²) in [6.07, 6.45) is 8.08. The number of amides is 1. The van der Waals surface area contributed by atoms with E-state index in [-0.39, 0.29) is 18.0 Å². The van der Waals surface area contributed by atoms with Gasteiger partial charge in [-0.3, -0.25) is 9.59 Å². The number of fused-ring (bicyclic) bond motifs is 1. The molecule has 1 aliphatic rings. The van der Waals surface area contributed by atoms with Crippen molar-refractivity contribution in [1.29, 1.82) is 0 Å². The second-order valence-electron chi connectivity index (χ2n) is 8.23. The number of rotatable bonds is 4. The van der Waals surface area contributed by atoms with Crippen LogP contribution in [0.15, 0.2) is 59.7 Å². The highest BCUT2D eigenvalue weighted by atomic mass is 16.2. The average molecular weight is 431 g/mol. The smallest absolute Gasteiger partial charge is 0.280 e. The highest BCUT2D eigenvalue weighted by molar-refractivity contribution is 5.88. The molecule has 0 N–H and O–H groups in total. The van der Waals surface area contributed by atoms with Crippen LogP contribution in [0.1, 0.15) is 31.4 Å². The molecule has 0 saturated carbocycles. The Morgan fingerprint density at radius 1 is 0.938 bits per heavy atom. The summed E-state index contributed by atoms with van der Waals surface area (Å²) >= 11 is 0. The van der Waals surface area contributed by atoms with Gasteiger partial charge in [0, 0.05) is 25.5 Å². The summed E-state index contributed by atoms with van der Waals surface area (Å²) in [6.45, 7) is 3.26. The molecule has 32 heavy (non-hydrogen) atoms. The molecule has 8 nitrogen and oxygen atoms in total. The van der Waals surface area contributed by atoms with Gasteiger partial charge >= 0.3 is 0 Å². The molecule has 8 heteroatoms. The quantitative estimate of drug-likeness (QED) is 0.499. The van der Waals surface area contributed by atoms with Crippen LogP contribution in [-0.2, 0) is 11.3 Å². The Kier molecular flexibility index (Phi) is 5.34. The van der Waals surface area contributed by atoms with Gasteiger partial charge in [0.2, 0.25) is 5.91 Å². The Morgan fingerprint density at radius 2 is 1.62 bits per heavy atom. The minimum atomic E-state index is -0.306. The maximum Gasteiger partial charge on any atom is 0.280 e. The van der Waals surface area contributed by atoms with Gasteiger partial charge in [-0.1, -0.05) is 31.0 Å². The molecule has 0 aliphatic carbocycles. The number of nitrogens with zero attached hydrogens (tertiary/aromatic N) is 6. The number of aromatic nitrogens is 5. The lowest BCUT2D eigenvalue weighted by Gasteiger charge is -2.20. The third-order valence-corrected chi connectivity index (χ3v) is 6.02. The molecule has 164 valence electrons. The van der Waals surface area contributed by atoms with E-state index in [0.29, 0.717) is 22.4 Å². The predicted octanol–water partition coefficient (Wildman–Crippen LogP) is 3.08. The van der Waals surface area contributed by atoms with Gasteiger partial charge in [0.15, 0.2) is 5.82 Å². The highest BCUT2D eigenvalue weighted by Crippen LogP contribution is 2.24. The van der Waals surface area contributed by atoms with Crippen molar-refractivity contribution in [2.24, 2.45) is 0 Å². The Morgan fingerprint density at radius 3 is 2.31 bits per heavy atom. The van der Waals surface area contributed by atoms with Crippen LogP contribution >= 0.6 is 0 Å². The number of carbonyl (C=O) groups excluding carboxylic acids is 1. The van der Waals surface area contributed by atoms with Crippen molar-refractivity contribution >= 4 is 16.8 Å². The second kappa shape index (κ2) is 8.45. The van der Waals surface area contributed by atoms with Crippen LogP contribution in [0.4, 0.5) is 0 Å². The van der Waals surface area contributed by atoms with Gasteiger partial charge < -0.3 is 9.47 Å². The molecule has 0 atom stereocenters. The van der Waals surface area contributed by atoms with Gasteiger partial charge in [0.05, 0.1) is 11.4 Å². The Hall–Kier alpha value is -3.68. The minimum absolute atomic E-state index is 0.0572. The molecule has 4 heterocycles. The van der Waals surface area contributed by atoms with E-state index in [9.17, 15) is 9.59 Å². The second-order valence-corrected chi connectivity index (χ2v) is 8.23. The summed E-state index contributed by atoms with van der Waals surface area (Å²) in [5, 5.41) is 9.67. The molecule has 1 aromatic carbocycles. The maximum atomic E-state index is 13.6. The summed E-state index contributed by atoms with van der Waals surface area (Å²) in [5.74, 6) is 0.584. The first kappa shape index (κ1) is 20.2. The van der Waals surface area contributed by atoms with Crippen LogP contribution < -0.4 is 5.56 Å². The van der Waals surface area contributed by atoms with Gasteiger partial charge in [0.1, 0.15) is 17.4 Å². The third-order valence-electron chi connectivity index (χ3n) is 6.02. The number of para-hydroxylation sites is 1. The number of benzene rings is 1. The van der Waals surface area contributed by atoms with Crippen molar-refractivity contribution in [3.8, 4) is 11.5 Å². The molecule has 5 rings (SSSR count). The van der Waals surface area contributed by atoms with E-state index in [1.165, 1.54) is 4.68 Å². The molecule has 0 bridgehead atoms. The summed E-state index contributed by atoms with van der Waals surface area (Å²) in [6, 6.07) is 13.5. The number of likely N-dealkylation sites (tertiary alicyclic amines) is 1. The lowest BCUT2D eigenvalue weighted by atomic mass is 10.2. The lowest BCUT2D eigenvalue weighted by Crippen LogP contribution is -2.38. The summed E-state index contributed by atoms with van der Waals surface area (Å²) in [7, 11) is 0. The Bertz CT molecular complexity index is 1300. The third kappa shape index (κ3) is 3.62. The number of aryl methyl sites for hydroxylation is 1. The molecule has 1 aliphatic heterocycles. The monoisotopic (exact) mass is 430 g/mol. The van der Waals surface area contributed by atoms with Crippen molar-refractivity contribution in [2.45, 2.75) is 39.2 Å². The van der Waals surface area contributed by atoms with Crippen molar-refractivity contribution in [3.05, 3.63) is 70.9 Å². The maximum absolute atomic E-state index is 13.6. The van der Waals surface area contributed by atoms with E-state index in [1.54, 1.807) is 4.68 Å². The lowest BCUT2D eigenvalue weighted by molar-refractivity contribution is -0.132. The SMILES string of the molecule is Cc1nn(CC(=O)N2CCCCCC2)c(=O)c2c(-n3cccc3)n(-c3ccccc3)nc12. The molecule has 4 aromatic rings. The largest absolute Gasteiger partial charge is 0.341 e. The van der Waals surface area contributed by atoms with E-state index >= 15 is 0 Å². The van der Waals surface area contributed by atoms with E-state index < -0.39 is 0 Å². The van der Waals surface area contributed by atoms with E-state index in [0.717, 1.165) is 44.5 Å². The fourth-order valence-electron chi connectivity index (χ4n) is 4.38. The highest BCUT2D eigenvalue weighted by Gasteiger charge is 2.23. The molecule has 1 fully saturated rings. The van der Waals surface area contributed by atoms with E-state index in [2.05, 4.69) is 5.10 Å². The fraction of sp³-hybridized carbons (Fsp3) is 0.333. The molecule has 1 amide bonds. The van der Waals surface area contributed by atoms with Gasteiger partial charge in [-0.05, 0) is 44.0 Å². The Balaban J connectivity index is 1.65. The summed E-state index contributed by atoms with van der Waals surface area (Å²) in [4.78, 5) is 28.4. The minimum Gasteiger partial charge on any atom is -0.341 e. The van der Waals surface area contributed by atoms with Crippen LogP contribution in [0.25, 0.3) is 22.4 Å². The molecule has 1 saturated heterocycles. The van der Waals surface area contributed by atoms with E-state index in [4.69, 9.17) is 5.10 Å². The summed E-state index contributed by atoms with van der Waals surface area (Å²) in [5.41, 5.74) is 1.70. The molecular weight excluding hydrogens is 404 g/mol. The topological polar surface area (TPSA) is 78.0 Å². The number of hydrogen-bond donors (Lipinski definition) is 0. The van der Waals surface area contributed by atoms with Crippen LogP contribution in [0.2, 0.25) is 0 Å². The zero-order chi connectivity index (χ0) is 22.1. The van der Waals surface area contributed by atoms with Crippen molar-refractivity contribution < 1.29 is 4.79 Å². The van der Waals surface area contributed by atoms with Gasteiger partial charge in [0.25, 0.3) is 5.56 Å². The van der Waals surface area contributed by atoms with Crippen molar-refractivity contribution in [2.75, 3.05) is 13.1 Å². The van der Waals surface area contributed by atoms with E-state index in [1.807, 2.05) is 71.2 Å². The zero-order valence-electron chi connectivity index (χ0n) is 18.1. The van der Waals surface area contributed by atoms with Gasteiger partial charge in [-0.2, -0.15) is 10.2 Å². The molecule has 0 spiro atoms. The van der Waals surface area contributed by atoms with Crippen molar-refractivity contribution in [3.63, 3.8) is 0 Å². The van der Waals surface area contributed by atoms with Crippen molar-refractivity contribution in [1.82, 2.24) is 29.0 Å². The van der Waals surface area contributed by atoms with Crippen LogP contribution in [0.5, 0.6) is 0 Å². The first-order valence-corrected chi connectivity index (χ1v) is 11.1. The molecule has 0 radical (unpaired) electrons. The number of hydrogen-bond acceptors (Lipinski definition) is 4. The first-order valence-electron chi connectivity index (χ1n) is 11.1. The van der Waals surface area contributed by atoms with Gasteiger partial charge in [-0.25, -0.2) is 9.36 Å². The summed E-state index contributed by atoms with van der Waals surface area (Å²) < 4.78 is 4.95. The zero-order valence-corrected chi connectivity index (χ0v) is 18.1. The van der Waals surface area contributed by atoms with Crippen LogP contribution in [0, 0.1) is 6.92 Å². The molecule has 0 unspecified atom stereocenters. The molecule has 3 aromatic heterocycles. The number of carbonyl (C=O) groups is 1. The molecular formula is C24H26N6O2. The Labute approximate surface area is 185 Å². The standard InChI is InChI=1S/C24H26N6O2/c1-18-22-21(24(32)29(25-18)17-20(31)27-13-7-2-3-8-14-27)23(28-15-9-10-16-28)30(26-22)19-11-5-4-6-12-19/h4-6,9-12,15-16H,2-3,7-8,13-14,17H2,1H3. The van der Waals surface area contributed by atoms with Crippen LogP contribution in [0.3, 0.4) is 0 Å². The van der Waals surface area contributed by atoms with Gasteiger partial charge in [-0.15, -0.1) is 0 Å². The average Bonchev–Trinajstić information content (AvgIpc) is 3.39. The predicted molar refractivity (Wildman–Crippen MR) is 122 cm³/mol. The van der Waals surface area contributed by atoms with Crippen LogP contribution in [-0.4, -0.2) is 48.0 Å². The normalized spacial score (nSPS) is 14.6. The fourth-order valence-corrected chi connectivity index (χ4v) is 4.38. The first-order chi connectivity index (χ1) is 15.6.